The van der Waals surface area contributed by atoms with Gasteiger partial charge in [-0.15, -0.1) is 0 Å². The van der Waals surface area contributed by atoms with Crippen molar-refractivity contribution in [1.82, 2.24) is 10.1 Å². The summed E-state index contributed by atoms with van der Waals surface area (Å²) in [5.74, 6) is -0.207. The van der Waals surface area contributed by atoms with Crippen LogP contribution in [-0.2, 0) is 19.7 Å². The van der Waals surface area contributed by atoms with Crippen molar-refractivity contribution in [3.05, 3.63) is 35.6 Å². The molecule has 2 fully saturated rings. The maximum absolute atomic E-state index is 12.3. The normalized spacial score (nSPS) is 25.8. The third-order valence-corrected chi connectivity index (χ3v) is 6.51. The second-order valence-corrected chi connectivity index (χ2v) is 9.07. The third-order valence-electron chi connectivity index (χ3n) is 6.51. The van der Waals surface area contributed by atoms with Crippen LogP contribution in [0.2, 0.25) is 0 Å². The first kappa shape index (κ1) is 20.1. The predicted octanol–water partition coefficient (Wildman–Crippen LogP) is 2.00. The van der Waals surface area contributed by atoms with Crippen LogP contribution in [0.4, 0.5) is 0 Å². The molecule has 0 bridgehead atoms. The minimum atomic E-state index is -1.65. The molecule has 0 spiro atoms. The van der Waals surface area contributed by atoms with Crippen LogP contribution in [-0.4, -0.2) is 53.0 Å². The van der Waals surface area contributed by atoms with E-state index in [9.17, 15) is 9.90 Å². The Hall–Kier alpha value is -2.16. The first-order valence-electron chi connectivity index (χ1n) is 9.86. The van der Waals surface area contributed by atoms with E-state index in [2.05, 4.69) is 5.16 Å². The molecule has 1 atom stereocenters. The highest BCUT2D eigenvalue weighted by Crippen LogP contribution is 2.37. The molecule has 0 aliphatic carbocycles. The molecule has 1 amide bonds. The maximum atomic E-state index is 12.3. The second-order valence-electron chi connectivity index (χ2n) is 9.07. The highest BCUT2D eigenvalue weighted by Gasteiger charge is 2.52. The zero-order chi connectivity index (χ0) is 21.2. The molecule has 1 N–H and O–H groups in total. The molecule has 1 aromatic heterocycles. The van der Waals surface area contributed by atoms with Crippen molar-refractivity contribution in [1.29, 1.82) is 0 Å². The van der Waals surface area contributed by atoms with Crippen LogP contribution < -0.4 is 5.46 Å². The van der Waals surface area contributed by atoms with Gasteiger partial charge in [0.1, 0.15) is 5.69 Å². The molecule has 0 radical (unpaired) electrons. The van der Waals surface area contributed by atoms with Crippen molar-refractivity contribution in [2.24, 2.45) is 0 Å². The lowest BCUT2D eigenvalue weighted by Crippen LogP contribution is -2.41. The van der Waals surface area contributed by atoms with E-state index in [4.69, 9.17) is 13.8 Å². The number of carbonyl (C=O) groups is 1. The molecule has 2 aliphatic rings. The molecule has 0 saturated carbocycles. The number of likely N-dealkylation sites (tertiary alicyclic amines) is 1. The van der Waals surface area contributed by atoms with Gasteiger partial charge in [-0.25, -0.2) is 0 Å². The molecule has 2 aromatic rings. The first-order valence-corrected chi connectivity index (χ1v) is 9.86. The maximum Gasteiger partial charge on any atom is 0.495 e. The molecule has 154 valence electrons. The molecule has 7 nitrogen and oxygen atoms in total. The smallest absolute Gasteiger partial charge is 0.399 e. The van der Waals surface area contributed by atoms with Crippen LogP contribution >= 0.6 is 0 Å². The average Bonchev–Trinajstić information content (AvgIpc) is 3.29. The Balaban J connectivity index is 1.66. The minimum absolute atomic E-state index is 0.166. The third kappa shape index (κ3) is 3.10. The fourth-order valence-electron chi connectivity index (χ4n) is 3.71. The Morgan fingerprint density at radius 2 is 1.79 bits per heavy atom. The lowest BCUT2D eigenvalue weighted by atomic mass is 9.75. The van der Waals surface area contributed by atoms with Crippen LogP contribution in [0.1, 0.15) is 45.4 Å². The van der Waals surface area contributed by atoms with Crippen LogP contribution in [0.25, 0.3) is 11.3 Å². The quantitative estimate of drug-likeness (QED) is 0.797. The Labute approximate surface area is 171 Å². The molecule has 1 unspecified atom stereocenters. The summed E-state index contributed by atoms with van der Waals surface area (Å²) in [5.41, 5.74) is 0.798. The molecule has 1 aromatic carbocycles. The van der Waals surface area contributed by atoms with Crippen molar-refractivity contribution in [2.45, 2.75) is 57.8 Å². The molecule has 3 heterocycles. The summed E-state index contributed by atoms with van der Waals surface area (Å²) < 4.78 is 17.8. The minimum Gasteiger partial charge on any atom is -0.399 e. The predicted molar refractivity (Wildman–Crippen MR) is 109 cm³/mol. The highest BCUT2D eigenvalue weighted by atomic mass is 16.7. The van der Waals surface area contributed by atoms with Gasteiger partial charge in [0.2, 0.25) is 5.60 Å². The molecule has 2 aliphatic heterocycles. The monoisotopic (exact) mass is 398 g/mol. The van der Waals surface area contributed by atoms with E-state index >= 15 is 0 Å². The van der Waals surface area contributed by atoms with E-state index in [1.807, 2.05) is 52.8 Å². The number of rotatable bonds is 3. The summed E-state index contributed by atoms with van der Waals surface area (Å²) in [6.07, 6.45) is 0.282. The van der Waals surface area contributed by atoms with Crippen LogP contribution in [0.15, 0.2) is 28.8 Å². The van der Waals surface area contributed by atoms with Gasteiger partial charge in [0.05, 0.1) is 11.2 Å². The molecule has 29 heavy (non-hydrogen) atoms. The topological polar surface area (TPSA) is 85.0 Å². The van der Waals surface area contributed by atoms with Gasteiger partial charge in [-0.1, -0.05) is 28.9 Å². The largest absolute Gasteiger partial charge is 0.495 e. The summed E-state index contributed by atoms with van der Waals surface area (Å²) in [4.78, 5) is 13.8. The van der Waals surface area contributed by atoms with Crippen molar-refractivity contribution in [3.63, 3.8) is 0 Å². The van der Waals surface area contributed by atoms with Crippen LogP contribution in [0, 0.1) is 6.92 Å². The van der Waals surface area contributed by atoms with E-state index in [1.54, 1.807) is 13.1 Å². The number of amides is 1. The van der Waals surface area contributed by atoms with E-state index in [-0.39, 0.29) is 18.1 Å². The van der Waals surface area contributed by atoms with Crippen molar-refractivity contribution >= 4 is 18.5 Å². The molecule has 4 rings (SSSR count). The summed E-state index contributed by atoms with van der Waals surface area (Å²) in [5, 5.41) is 14.9. The summed E-state index contributed by atoms with van der Waals surface area (Å²) >= 11 is 0. The average molecular weight is 398 g/mol. The number of aliphatic hydroxyl groups is 1. The van der Waals surface area contributed by atoms with Crippen molar-refractivity contribution < 1.29 is 23.7 Å². The number of benzene rings is 1. The number of likely N-dealkylation sites (N-methyl/N-ethyl adjacent to an activating group) is 1. The zero-order valence-electron chi connectivity index (χ0n) is 17.8. The van der Waals surface area contributed by atoms with Gasteiger partial charge in [0, 0.05) is 31.6 Å². The second kappa shape index (κ2) is 6.42. The SMILES string of the molecule is Cc1ccc(-c2cc(C3(O)CCN(C)C3=O)on2)cc1B1OC(C)(C)C(C)(C)O1. The standard InChI is InChI=1S/C21H27BN2O5/c1-13-7-8-14(11-15(13)22-28-19(2,3)20(4,5)29-22)16-12-17(27-23-16)21(26)9-10-24(6)18(21)25/h7-8,11-12,26H,9-10H2,1-6H3. The lowest BCUT2D eigenvalue weighted by Gasteiger charge is -2.32. The Morgan fingerprint density at radius 3 is 2.38 bits per heavy atom. The lowest BCUT2D eigenvalue weighted by molar-refractivity contribution is -0.144. The molecular weight excluding hydrogens is 371 g/mol. The number of carbonyl (C=O) groups excluding carboxylic acids is 1. The fourth-order valence-corrected chi connectivity index (χ4v) is 3.71. The number of aryl methyl sites for hydroxylation is 1. The molecule has 2 saturated heterocycles. The summed E-state index contributed by atoms with van der Waals surface area (Å²) in [7, 11) is 1.18. The number of nitrogens with zero attached hydrogens (tertiary/aromatic N) is 2. The molecule has 8 heteroatoms. The van der Waals surface area contributed by atoms with E-state index in [1.165, 1.54) is 4.90 Å². The number of hydrogen-bond donors (Lipinski definition) is 1. The number of hydrogen-bond acceptors (Lipinski definition) is 6. The van der Waals surface area contributed by atoms with Crippen molar-refractivity contribution in [2.75, 3.05) is 13.6 Å². The summed E-state index contributed by atoms with van der Waals surface area (Å²) in [6.45, 7) is 10.6. The van der Waals surface area contributed by atoms with Gasteiger partial charge in [-0.3, -0.25) is 4.79 Å². The summed E-state index contributed by atoms with van der Waals surface area (Å²) in [6, 6.07) is 7.51. The van der Waals surface area contributed by atoms with Gasteiger partial charge in [0.25, 0.3) is 5.91 Å². The fraction of sp³-hybridized carbons (Fsp3) is 0.524. The zero-order valence-corrected chi connectivity index (χ0v) is 17.8. The first-order chi connectivity index (χ1) is 13.4. The molecular formula is C21H27BN2O5. The van der Waals surface area contributed by atoms with E-state index in [0.717, 1.165) is 16.6 Å². The van der Waals surface area contributed by atoms with Gasteiger partial charge in [-0.05, 0) is 40.1 Å². The Kier molecular flexibility index (Phi) is 4.46. The van der Waals surface area contributed by atoms with Crippen LogP contribution in [0.5, 0.6) is 0 Å². The van der Waals surface area contributed by atoms with Crippen LogP contribution in [0.3, 0.4) is 0 Å². The van der Waals surface area contributed by atoms with Gasteiger partial charge >= 0.3 is 7.12 Å². The van der Waals surface area contributed by atoms with Crippen molar-refractivity contribution in [3.8, 4) is 11.3 Å². The number of aromatic nitrogens is 1. The Bertz CT molecular complexity index is 954. The highest BCUT2D eigenvalue weighted by molar-refractivity contribution is 6.62. The van der Waals surface area contributed by atoms with E-state index < -0.39 is 23.9 Å². The van der Waals surface area contributed by atoms with Gasteiger partial charge < -0.3 is 23.8 Å². The van der Waals surface area contributed by atoms with E-state index in [0.29, 0.717) is 12.2 Å². The van der Waals surface area contributed by atoms with Gasteiger partial charge in [-0.2, -0.15) is 0 Å². The van der Waals surface area contributed by atoms with Gasteiger partial charge in [0.15, 0.2) is 5.76 Å². The Morgan fingerprint density at radius 1 is 1.14 bits per heavy atom.